The van der Waals surface area contributed by atoms with E-state index in [0.717, 1.165) is 36.8 Å². The Kier molecular flexibility index (Phi) is 4.53. The first-order valence-electron chi connectivity index (χ1n) is 7.99. The molecule has 2 atom stereocenters. The summed E-state index contributed by atoms with van der Waals surface area (Å²) in [5.74, 6) is 0.897. The van der Waals surface area contributed by atoms with Crippen molar-refractivity contribution in [2.45, 2.75) is 49.9 Å². The molecule has 0 saturated heterocycles. The molecule has 1 heterocycles. The lowest BCUT2D eigenvalue weighted by Gasteiger charge is -2.40. The van der Waals surface area contributed by atoms with Gasteiger partial charge in [0.25, 0.3) is 0 Å². The number of sulfonamides is 1. The van der Waals surface area contributed by atoms with Crippen LogP contribution in [0.3, 0.4) is 0 Å². The number of aryl methyl sites for hydroxylation is 2. The lowest BCUT2D eigenvalue weighted by atomic mass is 9.79. The van der Waals surface area contributed by atoms with Gasteiger partial charge in [0.2, 0.25) is 10.0 Å². The van der Waals surface area contributed by atoms with E-state index in [2.05, 4.69) is 21.1 Å². The zero-order valence-corrected chi connectivity index (χ0v) is 16.2. The monoisotopic (exact) mass is 415 g/mol. The van der Waals surface area contributed by atoms with E-state index in [1.54, 1.807) is 13.0 Å². The smallest absolute Gasteiger partial charge is 0.235 e. The number of alkyl halides is 1. The molecular weight excluding hydrogens is 394 g/mol. The maximum absolute atomic E-state index is 12.1. The van der Waals surface area contributed by atoms with Gasteiger partial charge in [-0.25, -0.2) is 13.6 Å². The van der Waals surface area contributed by atoms with E-state index < -0.39 is 20.4 Å². The molecule has 1 saturated carbocycles. The first kappa shape index (κ1) is 17.8. The predicted molar refractivity (Wildman–Crippen MR) is 96.7 cm³/mol. The number of primary sulfonamides is 1. The van der Waals surface area contributed by atoms with Gasteiger partial charge >= 0.3 is 0 Å². The topological polar surface area (TPSA) is 112 Å². The van der Waals surface area contributed by atoms with Crippen molar-refractivity contribution in [1.82, 2.24) is 5.16 Å². The molecule has 24 heavy (non-hydrogen) atoms. The van der Waals surface area contributed by atoms with Gasteiger partial charge in [0.15, 0.2) is 0 Å². The van der Waals surface area contributed by atoms with Gasteiger partial charge in [0, 0.05) is 5.56 Å². The summed E-state index contributed by atoms with van der Waals surface area (Å²) in [6, 6.07) is -0.722. The van der Waals surface area contributed by atoms with Gasteiger partial charge in [-0.3, -0.25) is 0 Å². The van der Waals surface area contributed by atoms with Crippen LogP contribution in [-0.4, -0.2) is 23.9 Å². The minimum Gasteiger partial charge on any atom is -0.361 e. The third-order valence-electron chi connectivity index (χ3n) is 5.09. The Balaban J connectivity index is 2.20. The third-order valence-corrected chi connectivity index (χ3v) is 7.49. The highest BCUT2D eigenvalue weighted by Crippen LogP contribution is 2.48. The van der Waals surface area contributed by atoms with Crippen molar-refractivity contribution in [2.24, 2.45) is 16.8 Å². The van der Waals surface area contributed by atoms with Gasteiger partial charge in [0.1, 0.15) is 5.76 Å². The summed E-state index contributed by atoms with van der Waals surface area (Å²) in [4.78, 5) is 0.0452. The average Bonchev–Trinajstić information content (AvgIpc) is 3.12. The maximum Gasteiger partial charge on any atom is 0.235 e. The van der Waals surface area contributed by atoms with Crippen molar-refractivity contribution in [1.29, 1.82) is 0 Å². The largest absolute Gasteiger partial charge is 0.361 e. The van der Waals surface area contributed by atoms with E-state index >= 15 is 0 Å². The molecule has 2 aliphatic rings. The van der Waals surface area contributed by atoms with Gasteiger partial charge in [-0.05, 0) is 44.3 Å². The SMILES string of the molecule is Cc1noc(C)c1C1=CC(Br)(C2CCCC2)C(N)C(S(N)(=O)=O)=C1. The molecule has 1 aromatic rings. The highest BCUT2D eigenvalue weighted by Gasteiger charge is 2.47. The molecule has 1 fully saturated rings. The Bertz CT molecular complexity index is 802. The molecular formula is C16H22BrN3O3S. The summed E-state index contributed by atoms with van der Waals surface area (Å²) in [6.07, 6.45) is 7.82. The molecule has 0 amide bonds. The molecule has 3 rings (SSSR count). The van der Waals surface area contributed by atoms with Crippen LogP contribution in [0.1, 0.15) is 42.7 Å². The molecule has 0 spiro atoms. The molecule has 132 valence electrons. The molecule has 0 bridgehead atoms. The van der Waals surface area contributed by atoms with Crippen LogP contribution in [0, 0.1) is 19.8 Å². The standard InChI is InChI=1S/C16H22BrN3O3S/c1-9-14(10(2)23-20-9)11-7-13(24(19,21)22)15(18)16(17,8-11)12-5-3-4-6-12/h7-8,12,15H,3-6,18H2,1-2H3,(H2,19,21,22). The molecule has 0 radical (unpaired) electrons. The Labute approximate surface area is 150 Å². The molecule has 0 aromatic carbocycles. The van der Waals surface area contributed by atoms with E-state index in [9.17, 15) is 8.42 Å². The van der Waals surface area contributed by atoms with Crippen molar-refractivity contribution < 1.29 is 12.9 Å². The fourth-order valence-corrected chi connectivity index (χ4v) is 5.81. The second-order valence-electron chi connectivity index (χ2n) is 6.68. The molecule has 0 aliphatic heterocycles. The van der Waals surface area contributed by atoms with Crippen molar-refractivity contribution in [2.75, 3.05) is 0 Å². The van der Waals surface area contributed by atoms with Crippen LogP contribution in [0.15, 0.2) is 21.6 Å². The number of nitrogens with zero attached hydrogens (tertiary/aromatic N) is 1. The second-order valence-corrected chi connectivity index (χ2v) is 9.61. The Morgan fingerprint density at radius 2 is 1.96 bits per heavy atom. The zero-order chi connectivity index (χ0) is 17.7. The summed E-state index contributed by atoms with van der Waals surface area (Å²) < 4.78 is 28.8. The normalized spacial score (nSPS) is 28.8. The third kappa shape index (κ3) is 2.89. The highest BCUT2D eigenvalue weighted by molar-refractivity contribution is 9.10. The summed E-state index contributed by atoms with van der Waals surface area (Å²) in [7, 11) is -3.91. The second kappa shape index (κ2) is 6.09. The van der Waals surface area contributed by atoms with Gasteiger partial charge < -0.3 is 10.3 Å². The minimum absolute atomic E-state index is 0.0452. The quantitative estimate of drug-likeness (QED) is 0.736. The van der Waals surface area contributed by atoms with Crippen LogP contribution in [0.2, 0.25) is 0 Å². The number of hydrogen-bond donors (Lipinski definition) is 2. The zero-order valence-electron chi connectivity index (χ0n) is 13.8. The first-order chi connectivity index (χ1) is 11.1. The van der Waals surface area contributed by atoms with E-state index in [4.69, 9.17) is 15.4 Å². The highest BCUT2D eigenvalue weighted by atomic mass is 79.9. The van der Waals surface area contributed by atoms with Gasteiger partial charge in [-0.15, -0.1) is 0 Å². The van der Waals surface area contributed by atoms with Gasteiger partial charge in [-0.2, -0.15) is 0 Å². The Morgan fingerprint density at radius 3 is 2.46 bits per heavy atom. The molecule has 4 N–H and O–H groups in total. The summed E-state index contributed by atoms with van der Waals surface area (Å²) >= 11 is 3.78. The number of halogens is 1. The Hall–Kier alpha value is -0.960. The van der Waals surface area contributed by atoms with E-state index in [1.807, 2.05) is 13.0 Å². The first-order valence-corrected chi connectivity index (χ1v) is 10.3. The number of nitrogens with two attached hydrogens (primary N) is 2. The lowest BCUT2D eigenvalue weighted by Crippen LogP contribution is -2.51. The van der Waals surface area contributed by atoms with Crippen LogP contribution in [0.4, 0.5) is 0 Å². The van der Waals surface area contributed by atoms with E-state index in [0.29, 0.717) is 11.5 Å². The van der Waals surface area contributed by atoms with Crippen molar-refractivity contribution in [3.8, 4) is 0 Å². The van der Waals surface area contributed by atoms with Crippen molar-refractivity contribution in [3.05, 3.63) is 34.1 Å². The summed E-state index contributed by atoms with van der Waals surface area (Å²) in [5.41, 5.74) is 8.60. The van der Waals surface area contributed by atoms with Gasteiger partial charge in [0.05, 0.1) is 21.0 Å². The van der Waals surface area contributed by atoms with Crippen LogP contribution < -0.4 is 10.9 Å². The number of allylic oxidation sites excluding steroid dienone is 2. The van der Waals surface area contributed by atoms with E-state index in [-0.39, 0.29) is 10.8 Å². The van der Waals surface area contributed by atoms with Crippen LogP contribution in [0.25, 0.3) is 5.57 Å². The maximum atomic E-state index is 12.1. The van der Waals surface area contributed by atoms with Crippen LogP contribution in [0.5, 0.6) is 0 Å². The number of rotatable bonds is 3. The van der Waals surface area contributed by atoms with Gasteiger partial charge in [-0.1, -0.05) is 40.0 Å². The number of aromatic nitrogens is 1. The molecule has 2 aliphatic carbocycles. The average molecular weight is 416 g/mol. The van der Waals surface area contributed by atoms with Crippen molar-refractivity contribution >= 4 is 31.5 Å². The molecule has 2 unspecified atom stereocenters. The summed E-state index contributed by atoms with van der Waals surface area (Å²) in [6.45, 7) is 3.64. The summed E-state index contributed by atoms with van der Waals surface area (Å²) in [5, 5.41) is 9.42. The van der Waals surface area contributed by atoms with Crippen molar-refractivity contribution in [3.63, 3.8) is 0 Å². The lowest BCUT2D eigenvalue weighted by molar-refractivity contribution is 0.393. The van der Waals surface area contributed by atoms with E-state index in [1.165, 1.54) is 0 Å². The molecule has 1 aromatic heterocycles. The molecule has 8 heteroatoms. The molecule has 6 nitrogen and oxygen atoms in total. The fraction of sp³-hybridized carbons (Fsp3) is 0.562. The Morgan fingerprint density at radius 1 is 1.33 bits per heavy atom. The fourth-order valence-electron chi connectivity index (χ4n) is 3.87. The minimum atomic E-state index is -3.91. The van der Waals surface area contributed by atoms with Crippen LogP contribution in [-0.2, 0) is 10.0 Å². The predicted octanol–water partition coefficient (Wildman–Crippen LogP) is 2.51. The van der Waals surface area contributed by atoms with Crippen LogP contribution >= 0.6 is 15.9 Å². The number of hydrogen-bond acceptors (Lipinski definition) is 5.